The highest BCUT2D eigenvalue weighted by molar-refractivity contribution is 6.36. The predicted molar refractivity (Wildman–Crippen MR) is 83.4 cm³/mol. The van der Waals surface area contributed by atoms with E-state index in [0.29, 0.717) is 28.0 Å². The first-order chi connectivity index (χ1) is 10.1. The first kappa shape index (κ1) is 13.9. The quantitative estimate of drug-likeness (QED) is 0.734. The fourth-order valence-electron chi connectivity index (χ4n) is 2.11. The number of rotatable bonds is 3. The summed E-state index contributed by atoms with van der Waals surface area (Å²) >= 11 is 6.32. The maximum atomic E-state index is 6.32. The van der Waals surface area contributed by atoms with Gasteiger partial charge >= 0.3 is 0 Å². The van der Waals surface area contributed by atoms with Gasteiger partial charge in [0.15, 0.2) is 5.82 Å². The Kier molecular flexibility index (Phi) is 3.55. The normalized spacial score (nSPS) is 11.3. The highest BCUT2D eigenvalue weighted by Gasteiger charge is 2.10. The second-order valence-electron chi connectivity index (χ2n) is 5.08. The van der Waals surface area contributed by atoms with Crippen molar-refractivity contribution in [3.8, 4) is 11.6 Å². The van der Waals surface area contributed by atoms with Crippen LogP contribution in [0.3, 0.4) is 0 Å². The van der Waals surface area contributed by atoms with Crippen LogP contribution in [-0.4, -0.2) is 21.9 Å². The molecule has 0 bridgehead atoms. The molecule has 2 aromatic heterocycles. The van der Waals surface area contributed by atoms with Crippen molar-refractivity contribution in [2.75, 3.05) is 7.11 Å². The summed E-state index contributed by atoms with van der Waals surface area (Å²) in [5, 5.41) is 5.86. The summed E-state index contributed by atoms with van der Waals surface area (Å²) < 4.78 is 6.96. The van der Waals surface area contributed by atoms with Gasteiger partial charge in [0.05, 0.1) is 18.3 Å². The van der Waals surface area contributed by atoms with Gasteiger partial charge in [-0.3, -0.25) is 0 Å². The molecule has 5 heteroatoms. The lowest BCUT2D eigenvalue weighted by Gasteiger charge is -2.07. The summed E-state index contributed by atoms with van der Waals surface area (Å²) in [7, 11) is 1.59. The average molecular weight is 301 g/mol. The molecule has 0 aliphatic rings. The molecule has 2 heterocycles. The molecule has 0 atom stereocenters. The minimum atomic E-state index is 0.374. The van der Waals surface area contributed by atoms with Crippen LogP contribution in [0.15, 0.2) is 30.5 Å². The summed E-state index contributed by atoms with van der Waals surface area (Å²) in [6.07, 6.45) is 1.89. The van der Waals surface area contributed by atoms with Crippen molar-refractivity contribution in [2.45, 2.75) is 19.8 Å². The molecule has 0 spiro atoms. The van der Waals surface area contributed by atoms with E-state index in [0.717, 1.165) is 11.1 Å². The third kappa shape index (κ3) is 2.47. The van der Waals surface area contributed by atoms with Crippen molar-refractivity contribution in [1.82, 2.24) is 14.8 Å². The Bertz CT molecular complexity index is 795. The lowest BCUT2D eigenvalue weighted by Crippen LogP contribution is -2.00. The van der Waals surface area contributed by atoms with Gasteiger partial charge in [0.1, 0.15) is 10.8 Å². The van der Waals surface area contributed by atoms with E-state index < -0.39 is 0 Å². The number of nitrogens with zero attached hydrogens (tertiary/aromatic N) is 3. The van der Waals surface area contributed by atoms with Gasteiger partial charge in [-0.2, -0.15) is 5.10 Å². The third-order valence-corrected chi connectivity index (χ3v) is 3.68. The van der Waals surface area contributed by atoms with Crippen molar-refractivity contribution >= 4 is 22.5 Å². The molecule has 0 aliphatic carbocycles. The van der Waals surface area contributed by atoms with E-state index in [1.54, 1.807) is 11.8 Å². The number of benzene rings is 1. The second-order valence-corrected chi connectivity index (χ2v) is 5.45. The Balaban J connectivity index is 2.13. The van der Waals surface area contributed by atoms with Gasteiger partial charge in [0.2, 0.25) is 0 Å². The van der Waals surface area contributed by atoms with Crippen LogP contribution in [0.1, 0.15) is 25.5 Å². The molecule has 0 aliphatic heterocycles. The smallest absolute Gasteiger partial charge is 0.154 e. The number of methoxy groups -OCH3 is 1. The predicted octanol–water partition coefficient (Wildman–Crippen LogP) is 4.01. The molecule has 0 saturated heterocycles. The molecular weight excluding hydrogens is 286 g/mol. The van der Waals surface area contributed by atoms with Gasteiger partial charge in [0.25, 0.3) is 0 Å². The van der Waals surface area contributed by atoms with Crippen molar-refractivity contribution in [1.29, 1.82) is 0 Å². The maximum Gasteiger partial charge on any atom is 0.154 e. The maximum absolute atomic E-state index is 6.32. The van der Waals surface area contributed by atoms with E-state index in [1.165, 1.54) is 0 Å². The summed E-state index contributed by atoms with van der Waals surface area (Å²) in [4.78, 5) is 4.58. The largest absolute Gasteiger partial charge is 0.495 e. The first-order valence-electron chi connectivity index (χ1n) is 6.71. The molecule has 0 amide bonds. The molecule has 1 aromatic carbocycles. The van der Waals surface area contributed by atoms with Crippen LogP contribution in [0.25, 0.3) is 16.7 Å². The Morgan fingerprint density at radius 2 is 2.10 bits per heavy atom. The summed E-state index contributed by atoms with van der Waals surface area (Å²) in [5.41, 5.74) is 1.68. The molecule has 21 heavy (non-hydrogen) atoms. The molecule has 3 aromatic rings. The molecular formula is C16H15ClN3O. The van der Waals surface area contributed by atoms with E-state index in [1.807, 2.05) is 30.5 Å². The molecule has 4 nitrogen and oxygen atoms in total. The van der Waals surface area contributed by atoms with E-state index in [9.17, 15) is 0 Å². The lowest BCUT2D eigenvalue weighted by molar-refractivity contribution is 0.415. The number of halogens is 1. The highest BCUT2D eigenvalue weighted by Crippen LogP contribution is 2.31. The molecule has 1 radical (unpaired) electrons. The van der Waals surface area contributed by atoms with Crippen molar-refractivity contribution < 1.29 is 4.74 Å². The van der Waals surface area contributed by atoms with E-state index in [2.05, 4.69) is 30.0 Å². The fourth-order valence-corrected chi connectivity index (χ4v) is 2.39. The van der Waals surface area contributed by atoms with E-state index in [4.69, 9.17) is 16.3 Å². The number of aromatic nitrogens is 3. The van der Waals surface area contributed by atoms with Crippen LogP contribution in [0.4, 0.5) is 0 Å². The topological polar surface area (TPSA) is 39.9 Å². The zero-order chi connectivity index (χ0) is 15.0. The van der Waals surface area contributed by atoms with E-state index in [-0.39, 0.29) is 0 Å². The zero-order valence-corrected chi connectivity index (χ0v) is 12.8. The third-order valence-electron chi connectivity index (χ3n) is 3.32. The number of pyridine rings is 1. The number of ether oxygens (including phenoxy) is 1. The van der Waals surface area contributed by atoms with Gasteiger partial charge in [0, 0.05) is 11.6 Å². The van der Waals surface area contributed by atoms with Crippen LogP contribution in [0.2, 0.25) is 5.02 Å². The molecule has 107 valence electrons. The van der Waals surface area contributed by atoms with Crippen molar-refractivity contribution in [3.63, 3.8) is 0 Å². The molecule has 0 fully saturated rings. The van der Waals surface area contributed by atoms with Gasteiger partial charge in [-0.15, -0.1) is 0 Å². The monoisotopic (exact) mass is 300 g/mol. The fraction of sp³-hybridized carbons (Fsp3) is 0.250. The number of fused-ring (bicyclic) bond motifs is 1. The van der Waals surface area contributed by atoms with Crippen LogP contribution in [0, 0.1) is 6.07 Å². The Labute approximate surface area is 128 Å². The summed E-state index contributed by atoms with van der Waals surface area (Å²) in [5.74, 6) is 1.66. The van der Waals surface area contributed by atoms with Gasteiger partial charge < -0.3 is 4.74 Å². The zero-order valence-electron chi connectivity index (χ0n) is 12.1. The second kappa shape index (κ2) is 5.37. The number of hydrogen-bond donors (Lipinski definition) is 0. The van der Waals surface area contributed by atoms with Gasteiger partial charge in [-0.25, -0.2) is 9.67 Å². The Morgan fingerprint density at radius 1 is 1.29 bits per heavy atom. The molecule has 0 unspecified atom stereocenters. The van der Waals surface area contributed by atoms with Crippen molar-refractivity contribution in [3.05, 3.63) is 47.2 Å². The molecule has 3 rings (SSSR count). The Hall–Kier alpha value is -2.07. The Morgan fingerprint density at radius 3 is 2.76 bits per heavy atom. The van der Waals surface area contributed by atoms with E-state index >= 15 is 0 Å². The van der Waals surface area contributed by atoms with Gasteiger partial charge in [-0.1, -0.05) is 25.4 Å². The number of hydrogen-bond acceptors (Lipinski definition) is 3. The van der Waals surface area contributed by atoms with Gasteiger partial charge in [-0.05, 0) is 36.2 Å². The molecule has 0 N–H and O–H groups in total. The highest BCUT2D eigenvalue weighted by atomic mass is 35.5. The summed E-state index contributed by atoms with van der Waals surface area (Å²) in [6, 6.07) is 10.7. The van der Waals surface area contributed by atoms with Crippen LogP contribution >= 0.6 is 11.6 Å². The van der Waals surface area contributed by atoms with Crippen LogP contribution in [-0.2, 0) is 0 Å². The van der Waals surface area contributed by atoms with Crippen LogP contribution in [0.5, 0.6) is 5.75 Å². The standard InChI is InChI=1S/C16H15ClN3O/c1-10(2)12-8-9-20(19-12)14-7-5-11-4-6-13(21-3)15(17)16(11)18-14/h4,6-10H,1-3H3. The molecule has 0 saturated carbocycles. The minimum Gasteiger partial charge on any atom is -0.495 e. The summed E-state index contributed by atoms with van der Waals surface area (Å²) in [6.45, 7) is 4.21. The lowest BCUT2D eigenvalue weighted by atomic mass is 10.1. The first-order valence-corrected chi connectivity index (χ1v) is 7.09. The minimum absolute atomic E-state index is 0.374. The average Bonchev–Trinajstić information content (AvgIpc) is 2.97. The SMILES string of the molecule is COc1ccc2[c]cc(-n3ccc(C(C)C)n3)nc2c1Cl. The van der Waals surface area contributed by atoms with Crippen molar-refractivity contribution in [2.24, 2.45) is 0 Å². The van der Waals surface area contributed by atoms with Crippen LogP contribution < -0.4 is 4.74 Å².